The third-order valence-electron chi connectivity index (χ3n) is 3.41. The minimum atomic E-state index is -0.918. The highest BCUT2D eigenvalue weighted by Crippen LogP contribution is 2.37. The molecule has 1 fully saturated rings. The fourth-order valence-electron chi connectivity index (χ4n) is 2.72. The Hall–Kier alpha value is -1.03. The van der Waals surface area contributed by atoms with Crippen molar-refractivity contribution in [2.24, 2.45) is 11.8 Å². The number of carbonyl (C=O) groups is 1. The molecule has 2 atom stereocenters. The van der Waals surface area contributed by atoms with Crippen LogP contribution in [0.1, 0.15) is 43.5 Å². The van der Waals surface area contributed by atoms with Crippen LogP contribution in [-0.2, 0) is 0 Å². The van der Waals surface area contributed by atoms with E-state index in [1.807, 2.05) is 6.07 Å². The molecule has 0 amide bonds. The number of nitrogens with zero attached hydrogens (tertiary/aromatic N) is 1. The average molecular weight is 265 g/mol. The van der Waals surface area contributed by atoms with Crippen molar-refractivity contribution >= 4 is 17.7 Å². The third-order valence-corrected chi connectivity index (χ3v) is 4.61. The number of thioether (sulfide) groups is 1. The van der Waals surface area contributed by atoms with E-state index in [4.69, 9.17) is 5.11 Å². The molecule has 98 valence electrons. The zero-order valence-electron chi connectivity index (χ0n) is 10.8. The number of rotatable bonds is 3. The first-order chi connectivity index (χ1) is 8.54. The summed E-state index contributed by atoms with van der Waals surface area (Å²) in [5.74, 6) is 0.646. The number of pyridine rings is 1. The highest BCUT2D eigenvalue weighted by molar-refractivity contribution is 7.99. The van der Waals surface area contributed by atoms with Crippen molar-refractivity contribution in [3.63, 3.8) is 0 Å². The molecule has 1 heterocycles. The smallest absolute Gasteiger partial charge is 0.337 e. The van der Waals surface area contributed by atoms with E-state index in [0.717, 1.165) is 16.9 Å². The second kappa shape index (κ2) is 5.74. The van der Waals surface area contributed by atoms with Gasteiger partial charge in [0.1, 0.15) is 0 Å². The van der Waals surface area contributed by atoms with Gasteiger partial charge in [-0.25, -0.2) is 9.78 Å². The Bertz CT molecular complexity index is 408. The minimum absolute atomic E-state index is 0.254. The van der Waals surface area contributed by atoms with Crippen molar-refractivity contribution in [1.29, 1.82) is 0 Å². The zero-order valence-corrected chi connectivity index (χ0v) is 11.6. The van der Waals surface area contributed by atoms with Crippen molar-refractivity contribution in [2.45, 2.75) is 43.4 Å². The SMILES string of the molecule is CC1CC(C)CC(Sc2ccc(C(=O)O)cn2)C1. The fourth-order valence-corrected chi connectivity index (χ4v) is 4.17. The van der Waals surface area contributed by atoms with E-state index in [1.54, 1.807) is 17.8 Å². The molecular formula is C14H19NO2S. The van der Waals surface area contributed by atoms with Gasteiger partial charge in [0.15, 0.2) is 0 Å². The molecule has 0 radical (unpaired) electrons. The van der Waals surface area contributed by atoms with Crippen LogP contribution in [0.15, 0.2) is 23.4 Å². The van der Waals surface area contributed by atoms with Crippen LogP contribution in [0.25, 0.3) is 0 Å². The zero-order chi connectivity index (χ0) is 13.1. The molecule has 2 unspecified atom stereocenters. The Morgan fingerprint density at radius 1 is 1.28 bits per heavy atom. The number of aromatic carboxylic acids is 1. The number of aromatic nitrogens is 1. The van der Waals surface area contributed by atoms with Crippen LogP contribution in [0.4, 0.5) is 0 Å². The van der Waals surface area contributed by atoms with E-state index in [2.05, 4.69) is 18.8 Å². The van der Waals surface area contributed by atoms with Gasteiger partial charge in [-0.1, -0.05) is 13.8 Å². The first-order valence-electron chi connectivity index (χ1n) is 6.40. The summed E-state index contributed by atoms with van der Waals surface area (Å²) >= 11 is 1.79. The largest absolute Gasteiger partial charge is 0.478 e. The van der Waals surface area contributed by atoms with Crippen LogP contribution >= 0.6 is 11.8 Å². The Labute approximate surface area is 112 Å². The van der Waals surface area contributed by atoms with Gasteiger partial charge in [0.2, 0.25) is 0 Å². The molecule has 0 aromatic carbocycles. The number of carboxylic acids is 1. The second-order valence-corrected chi connectivity index (χ2v) is 6.67. The van der Waals surface area contributed by atoms with Gasteiger partial charge in [0.25, 0.3) is 0 Å². The standard InChI is InChI=1S/C14H19NO2S/c1-9-5-10(2)7-12(6-9)18-13-4-3-11(8-15-13)14(16)17/h3-4,8-10,12H,5-7H2,1-2H3,(H,16,17). The monoisotopic (exact) mass is 265 g/mol. The summed E-state index contributed by atoms with van der Waals surface area (Å²) in [6.45, 7) is 4.62. The van der Waals surface area contributed by atoms with Gasteiger partial charge in [-0.05, 0) is 43.2 Å². The summed E-state index contributed by atoms with van der Waals surface area (Å²) in [5.41, 5.74) is 0.254. The highest BCUT2D eigenvalue weighted by Gasteiger charge is 2.24. The van der Waals surface area contributed by atoms with Gasteiger partial charge in [-0.2, -0.15) is 0 Å². The lowest BCUT2D eigenvalue weighted by Gasteiger charge is -2.30. The molecule has 4 heteroatoms. The normalized spacial score (nSPS) is 28.0. The van der Waals surface area contributed by atoms with Gasteiger partial charge in [0, 0.05) is 11.4 Å². The van der Waals surface area contributed by atoms with Gasteiger partial charge in [0.05, 0.1) is 10.6 Å². The van der Waals surface area contributed by atoms with E-state index in [-0.39, 0.29) is 5.56 Å². The van der Waals surface area contributed by atoms with E-state index in [0.29, 0.717) is 5.25 Å². The maximum absolute atomic E-state index is 10.7. The summed E-state index contributed by atoms with van der Waals surface area (Å²) in [4.78, 5) is 15.0. The Morgan fingerprint density at radius 3 is 2.44 bits per heavy atom. The molecule has 1 aromatic heterocycles. The van der Waals surface area contributed by atoms with Crippen molar-refractivity contribution in [2.75, 3.05) is 0 Å². The minimum Gasteiger partial charge on any atom is -0.478 e. The quantitative estimate of drug-likeness (QED) is 0.905. The maximum atomic E-state index is 10.7. The average Bonchev–Trinajstić information content (AvgIpc) is 2.28. The van der Waals surface area contributed by atoms with E-state index in [1.165, 1.54) is 25.5 Å². The lowest BCUT2D eigenvalue weighted by molar-refractivity contribution is 0.0696. The summed E-state index contributed by atoms with van der Waals surface area (Å²) < 4.78 is 0. The number of carboxylic acid groups (broad SMARTS) is 1. The second-order valence-electron chi connectivity index (χ2n) is 5.35. The summed E-state index contributed by atoms with van der Waals surface area (Å²) in [6, 6.07) is 3.45. The van der Waals surface area contributed by atoms with Crippen molar-refractivity contribution < 1.29 is 9.90 Å². The number of hydrogen-bond donors (Lipinski definition) is 1. The van der Waals surface area contributed by atoms with Crippen LogP contribution in [0.5, 0.6) is 0 Å². The molecule has 1 aliphatic carbocycles. The summed E-state index contributed by atoms with van der Waals surface area (Å²) in [6.07, 6.45) is 5.23. The topological polar surface area (TPSA) is 50.2 Å². The Kier molecular flexibility index (Phi) is 4.27. The van der Waals surface area contributed by atoms with Crippen LogP contribution < -0.4 is 0 Å². The van der Waals surface area contributed by atoms with Crippen LogP contribution in [0, 0.1) is 11.8 Å². The van der Waals surface area contributed by atoms with Gasteiger partial charge in [-0.3, -0.25) is 0 Å². The summed E-state index contributed by atoms with van der Waals surface area (Å²) in [5, 5.41) is 10.4. The highest BCUT2D eigenvalue weighted by atomic mass is 32.2. The van der Waals surface area contributed by atoms with Gasteiger partial charge in [-0.15, -0.1) is 11.8 Å². The van der Waals surface area contributed by atoms with E-state index < -0.39 is 5.97 Å². The molecule has 3 nitrogen and oxygen atoms in total. The third kappa shape index (κ3) is 3.48. The van der Waals surface area contributed by atoms with Crippen LogP contribution in [0.3, 0.4) is 0 Å². The molecule has 18 heavy (non-hydrogen) atoms. The van der Waals surface area contributed by atoms with E-state index >= 15 is 0 Å². The number of hydrogen-bond acceptors (Lipinski definition) is 3. The summed E-state index contributed by atoms with van der Waals surface area (Å²) in [7, 11) is 0. The first-order valence-corrected chi connectivity index (χ1v) is 7.28. The Balaban J connectivity index is 1.98. The van der Waals surface area contributed by atoms with E-state index in [9.17, 15) is 4.79 Å². The molecule has 2 rings (SSSR count). The predicted molar refractivity (Wildman–Crippen MR) is 73.0 cm³/mol. The lowest BCUT2D eigenvalue weighted by Crippen LogP contribution is -2.21. The lowest BCUT2D eigenvalue weighted by atomic mass is 9.83. The molecule has 1 aliphatic rings. The van der Waals surface area contributed by atoms with Crippen molar-refractivity contribution in [3.05, 3.63) is 23.9 Å². The van der Waals surface area contributed by atoms with Crippen LogP contribution in [-0.4, -0.2) is 21.3 Å². The predicted octanol–water partition coefficient (Wildman–Crippen LogP) is 3.70. The molecule has 1 saturated carbocycles. The van der Waals surface area contributed by atoms with Gasteiger partial charge < -0.3 is 5.11 Å². The fraction of sp³-hybridized carbons (Fsp3) is 0.571. The molecule has 0 spiro atoms. The van der Waals surface area contributed by atoms with Crippen LogP contribution in [0.2, 0.25) is 0 Å². The Morgan fingerprint density at radius 2 is 1.94 bits per heavy atom. The van der Waals surface area contributed by atoms with Crippen molar-refractivity contribution in [3.8, 4) is 0 Å². The molecule has 0 saturated heterocycles. The molecule has 0 aliphatic heterocycles. The van der Waals surface area contributed by atoms with Gasteiger partial charge >= 0.3 is 5.97 Å². The maximum Gasteiger partial charge on any atom is 0.337 e. The molecule has 1 N–H and O–H groups in total. The molecule has 1 aromatic rings. The molecule has 0 bridgehead atoms. The molecular weight excluding hydrogens is 246 g/mol. The van der Waals surface area contributed by atoms with Crippen molar-refractivity contribution in [1.82, 2.24) is 4.98 Å². The first kappa shape index (κ1) is 13.4.